The van der Waals surface area contributed by atoms with Gasteiger partial charge in [-0.25, -0.2) is 9.36 Å². The van der Waals surface area contributed by atoms with Gasteiger partial charge in [0.2, 0.25) is 0 Å². The van der Waals surface area contributed by atoms with E-state index in [0.717, 1.165) is 25.9 Å². The maximum Gasteiger partial charge on any atom is 0.138 e. The van der Waals surface area contributed by atoms with Gasteiger partial charge in [-0.3, -0.25) is 0 Å². The van der Waals surface area contributed by atoms with Gasteiger partial charge < -0.3 is 0 Å². The molecule has 0 unspecified atom stereocenters. The molecule has 0 N–H and O–H groups in total. The largest absolute Gasteiger partial charge is 0.232 e. The predicted molar refractivity (Wildman–Crippen MR) is 116 cm³/mol. The van der Waals surface area contributed by atoms with Crippen LogP contribution in [0.1, 0.15) is 53.4 Å². The van der Waals surface area contributed by atoms with Crippen molar-refractivity contribution in [3.05, 3.63) is 12.7 Å². The number of tetrazole rings is 2. The second kappa shape index (κ2) is 11.7. The van der Waals surface area contributed by atoms with E-state index >= 15 is 0 Å². The monoisotopic (exact) mass is 426 g/mol. The van der Waals surface area contributed by atoms with Gasteiger partial charge in [0.15, 0.2) is 0 Å². The average Bonchev–Trinajstić information content (AvgIpc) is 3.34. The molecule has 0 atom stereocenters. The Labute approximate surface area is 177 Å². The summed E-state index contributed by atoms with van der Waals surface area (Å²) in [5.74, 6) is 4.92. The summed E-state index contributed by atoms with van der Waals surface area (Å²) in [7, 11) is 0. The summed E-state index contributed by atoms with van der Waals surface area (Å²) in [4.78, 5) is 0. The number of hydrogen-bond donors (Lipinski definition) is 0. The second-order valence-electron chi connectivity index (χ2n) is 8.70. The van der Waals surface area contributed by atoms with Crippen molar-refractivity contribution < 1.29 is 0 Å². The standard InChI is InChI=1S/C18H34N8S2/c1-17(2,5-9-25-15-19-21-23-25)7-11-27-13-14-28-12-8-18(3,4)6-10-26-16-20-22-24-26/h15-16H,5-14H2,1-4H3. The van der Waals surface area contributed by atoms with E-state index < -0.39 is 0 Å². The highest BCUT2D eigenvalue weighted by Gasteiger charge is 2.19. The van der Waals surface area contributed by atoms with Crippen molar-refractivity contribution in [3.8, 4) is 0 Å². The molecule has 0 aliphatic heterocycles. The minimum atomic E-state index is 0.329. The fraction of sp³-hybridized carbons (Fsp3) is 0.889. The maximum absolute atomic E-state index is 3.94. The molecule has 0 fully saturated rings. The fourth-order valence-electron chi connectivity index (χ4n) is 2.67. The molecule has 0 amide bonds. The first kappa shape index (κ1) is 23.1. The Morgan fingerprint density at radius 2 is 1.07 bits per heavy atom. The van der Waals surface area contributed by atoms with E-state index in [1.54, 1.807) is 12.7 Å². The molecule has 28 heavy (non-hydrogen) atoms. The molecule has 10 heteroatoms. The molecule has 8 nitrogen and oxygen atoms in total. The van der Waals surface area contributed by atoms with Crippen LogP contribution in [0.15, 0.2) is 12.7 Å². The van der Waals surface area contributed by atoms with E-state index in [1.165, 1.54) is 35.9 Å². The van der Waals surface area contributed by atoms with E-state index in [4.69, 9.17) is 0 Å². The maximum atomic E-state index is 3.94. The van der Waals surface area contributed by atoms with Crippen molar-refractivity contribution in [3.63, 3.8) is 0 Å². The van der Waals surface area contributed by atoms with Crippen LogP contribution < -0.4 is 0 Å². The molecule has 2 heterocycles. The molecule has 2 aromatic rings. The first-order chi connectivity index (χ1) is 13.4. The second-order valence-corrected chi connectivity index (χ2v) is 11.1. The highest BCUT2D eigenvalue weighted by Crippen LogP contribution is 2.29. The Balaban J connectivity index is 1.45. The van der Waals surface area contributed by atoms with Crippen LogP contribution in [-0.4, -0.2) is 63.4 Å². The van der Waals surface area contributed by atoms with E-state index in [1.807, 2.05) is 9.36 Å². The van der Waals surface area contributed by atoms with Crippen LogP contribution in [0.2, 0.25) is 0 Å². The van der Waals surface area contributed by atoms with Crippen molar-refractivity contribution in [1.82, 2.24) is 40.4 Å². The van der Waals surface area contributed by atoms with Crippen molar-refractivity contribution >= 4 is 23.5 Å². The van der Waals surface area contributed by atoms with Gasteiger partial charge in [0.05, 0.1) is 0 Å². The minimum absolute atomic E-state index is 0.329. The summed E-state index contributed by atoms with van der Waals surface area (Å²) in [5, 5.41) is 22.6. The third kappa shape index (κ3) is 9.86. The quantitative estimate of drug-likeness (QED) is 0.400. The molecule has 2 rings (SSSR count). The lowest BCUT2D eigenvalue weighted by Gasteiger charge is -2.24. The lowest BCUT2D eigenvalue weighted by Crippen LogP contribution is -2.17. The molecule has 0 radical (unpaired) electrons. The predicted octanol–water partition coefficient (Wildman–Crippen LogP) is 3.44. The Morgan fingerprint density at radius 1 is 0.643 bits per heavy atom. The number of hydrogen-bond acceptors (Lipinski definition) is 8. The summed E-state index contributed by atoms with van der Waals surface area (Å²) < 4.78 is 3.63. The van der Waals surface area contributed by atoms with Crippen LogP contribution in [0.4, 0.5) is 0 Å². The molecule has 0 bridgehead atoms. The molecule has 0 saturated carbocycles. The molecule has 0 saturated heterocycles. The van der Waals surface area contributed by atoms with Gasteiger partial charge in [-0.1, -0.05) is 27.7 Å². The minimum Gasteiger partial charge on any atom is -0.232 e. The van der Waals surface area contributed by atoms with Crippen LogP contribution in [0, 0.1) is 10.8 Å². The van der Waals surface area contributed by atoms with Crippen molar-refractivity contribution in [2.24, 2.45) is 10.8 Å². The number of thioether (sulfide) groups is 2. The number of aromatic nitrogens is 8. The smallest absolute Gasteiger partial charge is 0.138 e. The molecule has 0 spiro atoms. The fourth-order valence-corrected chi connectivity index (χ4v) is 5.41. The molecular weight excluding hydrogens is 392 g/mol. The average molecular weight is 427 g/mol. The van der Waals surface area contributed by atoms with Gasteiger partial charge >= 0.3 is 0 Å². The van der Waals surface area contributed by atoms with Crippen molar-refractivity contribution in [2.75, 3.05) is 23.0 Å². The van der Waals surface area contributed by atoms with Crippen LogP contribution >= 0.6 is 23.5 Å². The topological polar surface area (TPSA) is 87.2 Å². The molecular formula is C18H34N8S2. The highest BCUT2D eigenvalue weighted by molar-refractivity contribution is 8.02. The summed E-state index contributed by atoms with van der Waals surface area (Å²) in [5.41, 5.74) is 0.658. The summed E-state index contributed by atoms with van der Waals surface area (Å²) in [6, 6.07) is 0. The molecule has 0 aliphatic carbocycles. The third-order valence-corrected chi connectivity index (χ3v) is 7.27. The molecule has 0 aromatic carbocycles. The van der Waals surface area contributed by atoms with Gasteiger partial charge in [0, 0.05) is 24.6 Å². The van der Waals surface area contributed by atoms with Gasteiger partial charge in [0.25, 0.3) is 0 Å². The highest BCUT2D eigenvalue weighted by atomic mass is 32.2. The van der Waals surface area contributed by atoms with Crippen molar-refractivity contribution in [2.45, 2.75) is 66.5 Å². The first-order valence-corrected chi connectivity index (χ1v) is 12.2. The van der Waals surface area contributed by atoms with Gasteiger partial charge in [-0.05, 0) is 68.9 Å². The van der Waals surface area contributed by atoms with E-state index in [-0.39, 0.29) is 0 Å². The Kier molecular flexibility index (Phi) is 9.70. The zero-order valence-corrected chi connectivity index (χ0v) is 19.3. The molecule has 0 aliphatic rings. The van der Waals surface area contributed by atoms with E-state index in [2.05, 4.69) is 82.3 Å². The van der Waals surface area contributed by atoms with Crippen LogP contribution in [0.25, 0.3) is 0 Å². The zero-order valence-electron chi connectivity index (χ0n) is 17.6. The van der Waals surface area contributed by atoms with Crippen molar-refractivity contribution in [1.29, 1.82) is 0 Å². The van der Waals surface area contributed by atoms with E-state index in [0.29, 0.717) is 10.8 Å². The van der Waals surface area contributed by atoms with Crippen LogP contribution in [-0.2, 0) is 13.1 Å². The van der Waals surface area contributed by atoms with Gasteiger partial charge in [-0.2, -0.15) is 23.5 Å². The molecule has 2 aromatic heterocycles. The molecule has 158 valence electrons. The van der Waals surface area contributed by atoms with Crippen LogP contribution in [0.5, 0.6) is 0 Å². The summed E-state index contributed by atoms with van der Waals surface area (Å²) >= 11 is 4.15. The zero-order chi connectivity index (χ0) is 20.3. The number of nitrogens with zero attached hydrogens (tertiary/aromatic N) is 8. The SMILES string of the molecule is CC(C)(CCSCCSCCC(C)(C)CCn1cnnn1)CCn1cnnn1. The first-order valence-electron chi connectivity index (χ1n) is 9.93. The van der Waals surface area contributed by atoms with E-state index in [9.17, 15) is 0 Å². The van der Waals surface area contributed by atoms with Gasteiger partial charge in [-0.15, -0.1) is 10.2 Å². The van der Waals surface area contributed by atoms with Crippen LogP contribution in [0.3, 0.4) is 0 Å². The summed E-state index contributed by atoms with van der Waals surface area (Å²) in [6.07, 6.45) is 8.05. The Bertz CT molecular complexity index is 572. The number of aryl methyl sites for hydroxylation is 2. The van der Waals surface area contributed by atoms with Gasteiger partial charge in [0.1, 0.15) is 12.7 Å². The lowest BCUT2D eigenvalue weighted by molar-refractivity contribution is 0.296. The Hall–Kier alpha value is -1.16. The lowest BCUT2D eigenvalue weighted by atomic mass is 9.86. The summed E-state index contributed by atoms with van der Waals surface area (Å²) in [6.45, 7) is 11.1. The Morgan fingerprint density at radius 3 is 1.43 bits per heavy atom. The third-order valence-electron chi connectivity index (χ3n) is 5.04. The normalized spacial score (nSPS) is 12.6. The number of rotatable bonds is 15.